The van der Waals surface area contributed by atoms with Gasteiger partial charge in [0.15, 0.2) is 0 Å². The van der Waals surface area contributed by atoms with Gasteiger partial charge >= 0.3 is 0 Å². The Hall–Kier alpha value is -1.29. The summed E-state index contributed by atoms with van der Waals surface area (Å²) in [5, 5.41) is 0. The second-order valence-electron chi connectivity index (χ2n) is 2.70. The monoisotopic (exact) mass is 237 g/mol. The van der Waals surface area contributed by atoms with Crippen LogP contribution in [0.25, 0.3) is 11.3 Å². The van der Waals surface area contributed by atoms with Gasteiger partial charge in [-0.05, 0) is 28.1 Å². The number of anilines is 1. The smallest absolute Gasteiger partial charge is 0.0924 e. The quantitative estimate of drug-likeness (QED) is 0.749. The van der Waals surface area contributed by atoms with Crippen LogP contribution in [0.15, 0.2) is 35.2 Å². The summed E-state index contributed by atoms with van der Waals surface area (Å²) in [5.41, 5.74) is 8.46. The summed E-state index contributed by atoms with van der Waals surface area (Å²) in [5.74, 6) is 0. The molecule has 13 heavy (non-hydrogen) atoms. The molecule has 0 aliphatic heterocycles. The highest BCUT2D eigenvalue weighted by atomic mass is 79.9. The van der Waals surface area contributed by atoms with Gasteiger partial charge in [-0.1, -0.05) is 6.07 Å². The van der Waals surface area contributed by atoms with Crippen LogP contribution >= 0.6 is 15.9 Å². The van der Waals surface area contributed by atoms with E-state index in [1.165, 1.54) is 0 Å². The number of nitrogens with one attached hydrogen (secondary N) is 1. The molecular weight excluding hydrogens is 230 g/mol. The van der Waals surface area contributed by atoms with Crippen molar-refractivity contribution in [3.8, 4) is 11.3 Å². The first kappa shape index (κ1) is 8.31. The highest BCUT2D eigenvalue weighted by Crippen LogP contribution is 2.25. The van der Waals surface area contributed by atoms with E-state index in [4.69, 9.17) is 5.73 Å². The van der Waals surface area contributed by atoms with Crippen molar-refractivity contribution in [2.75, 3.05) is 5.73 Å². The number of aromatic amines is 1. The molecule has 4 heteroatoms. The van der Waals surface area contributed by atoms with Crippen molar-refractivity contribution >= 4 is 21.6 Å². The van der Waals surface area contributed by atoms with E-state index in [1.54, 1.807) is 12.5 Å². The van der Waals surface area contributed by atoms with Crippen LogP contribution in [0.5, 0.6) is 0 Å². The van der Waals surface area contributed by atoms with Gasteiger partial charge in [-0.15, -0.1) is 0 Å². The Morgan fingerprint density at radius 3 is 2.85 bits per heavy atom. The molecule has 0 bridgehead atoms. The number of nitrogens with two attached hydrogens (primary N) is 1. The molecule has 0 saturated heterocycles. The zero-order valence-electron chi connectivity index (χ0n) is 6.79. The molecule has 0 aliphatic carbocycles. The molecule has 3 nitrogen and oxygen atoms in total. The third kappa shape index (κ3) is 1.58. The minimum Gasteiger partial charge on any atom is -0.398 e. The molecule has 1 heterocycles. The number of halogens is 1. The van der Waals surface area contributed by atoms with Gasteiger partial charge in [-0.25, -0.2) is 4.98 Å². The highest BCUT2D eigenvalue weighted by Gasteiger charge is 2.00. The fourth-order valence-corrected chi connectivity index (χ4v) is 1.49. The summed E-state index contributed by atoms with van der Waals surface area (Å²) in [6, 6.07) is 5.77. The average molecular weight is 238 g/mol. The molecule has 3 N–H and O–H groups in total. The summed E-state index contributed by atoms with van der Waals surface area (Å²) in [6.45, 7) is 0. The molecule has 0 amide bonds. The molecular formula is C9H8BrN3. The number of benzene rings is 1. The van der Waals surface area contributed by atoms with Gasteiger partial charge < -0.3 is 10.7 Å². The lowest BCUT2D eigenvalue weighted by atomic mass is 10.1. The SMILES string of the molecule is Nc1ccc(-c2cnc[nH]2)cc1Br. The van der Waals surface area contributed by atoms with Gasteiger partial charge in [0.05, 0.1) is 18.2 Å². The average Bonchev–Trinajstić information content (AvgIpc) is 2.62. The van der Waals surface area contributed by atoms with Gasteiger partial charge in [-0.3, -0.25) is 0 Å². The lowest BCUT2D eigenvalue weighted by molar-refractivity contribution is 1.31. The minimum absolute atomic E-state index is 0.739. The molecule has 0 saturated carbocycles. The zero-order valence-corrected chi connectivity index (χ0v) is 8.38. The number of hydrogen-bond donors (Lipinski definition) is 2. The molecule has 0 aliphatic rings. The molecule has 1 aromatic heterocycles. The summed E-state index contributed by atoms with van der Waals surface area (Å²) >= 11 is 3.37. The number of aromatic nitrogens is 2. The van der Waals surface area contributed by atoms with E-state index < -0.39 is 0 Å². The van der Waals surface area contributed by atoms with Crippen molar-refractivity contribution < 1.29 is 0 Å². The van der Waals surface area contributed by atoms with E-state index in [1.807, 2.05) is 18.2 Å². The standard InChI is InChI=1S/C9H8BrN3/c10-7-3-6(1-2-8(7)11)9-4-12-5-13-9/h1-5H,11H2,(H,12,13). The topological polar surface area (TPSA) is 54.7 Å². The highest BCUT2D eigenvalue weighted by molar-refractivity contribution is 9.10. The van der Waals surface area contributed by atoms with Gasteiger partial charge in [0.1, 0.15) is 0 Å². The van der Waals surface area contributed by atoms with Gasteiger partial charge in [0, 0.05) is 15.7 Å². The normalized spacial score (nSPS) is 10.2. The fourth-order valence-electron chi connectivity index (χ4n) is 1.11. The Morgan fingerprint density at radius 2 is 2.23 bits per heavy atom. The molecule has 0 atom stereocenters. The molecule has 2 rings (SSSR count). The Kier molecular flexibility index (Phi) is 2.06. The lowest BCUT2D eigenvalue weighted by Gasteiger charge is -2.00. The van der Waals surface area contributed by atoms with E-state index in [2.05, 4.69) is 25.9 Å². The fraction of sp³-hybridized carbons (Fsp3) is 0. The predicted octanol–water partition coefficient (Wildman–Crippen LogP) is 2.42. The van der Waals surface area contributed by atoms with Crippen molar-refractivity contribution in [1.29, 1.82) is 0 Å². The second-order valence-corrected chi connectivity index (χ2v) is 3.56. The van der Waals surface area contributed by atoms with Gasteiger partial charge in [0.2, 0.25) is 0 Å². The largest absolute Gasteiger partial charge is 0.398 e. The molecule has 0 unspecified atom stereocenters. The number of nitrogens with zero attached hydrogens (tertiary/aromatic N) is 1. The summed E-state index contributed by atoms with van der Waals surface area (Å²) in [7, 11) is 0. The van der Waals surface area contributed by atoms with E-state index in [0.29, 0.717) is 0 Å². The Labute approximate surface area is 84.1 Å². The van der Waals surface area contributed by atoms with Gasteiger partial charge in [0.25, 0.3) is 0 Å². The first-order chi connectivity index (χ1) is 6.27. The molecule has 0 radical (unpaired) electrons. The van der Waals surface area contributed by atoms with Crippen molar-refractivity contribution in [1.82, 2.24) is 9.97 Å². The number of rotatable bonds is 1. The number of imidazole rings is 1. The van der Waals surface area contributed by atoms with Crippen molar-refractivity contribution in [2.45, 2.75) is 0 Å². The van der Waals surface area contributed by atoms with Crippen LogP contribution in [0.1, 0.15) is 0 Å². The Balaban J connectivity index is 2.49. The third-order valence-electron chi connectivity index (χ3n) is 1.81. The zero-order chi connectivity index (χ0) is 9.26. The molecule has 66 valence electrons. The maximum atomic E-state index is 5.67. The molecule has 0 spiro atoms. The van der Waals surface area contributed by atoms with Crippen molar-refractivity contribution in [3.63, 3.8) is 0 Å². The summed E-state index contributed by atoms with van der Waals surface area (Å²) < 4.78 is 0.902. The van der Waals surface area contributed by atoms with Crippen molar-refractivity contribution in [2.24, 2.45) is 0 Å². The van der Waals surface area contributed by atoms with Crippen molar-refractivity contribution in [3.05, 3.63) is 35.2 Å². The number of hydrogen-bond acceptors (Lipinski definition) is 2. The molecule has 0 fully saturated rings. The lowest BCUT2D eigenvalue weighted by Crippen LogP contribution is -1.86. The molecule has 2 aromatic rings. The van der Waals surface area contributed by atoms with Crippen LogP contribution in [0, 0.1) is 0 Å². The first-order valence-electron chi connectivity index (χ1n) is 3.81. The van der Waals surface area contributed by atoms with Crippen LogP contribution in [0.4, 0.5) is 5.69 Å². The van der Waals surface area contributed by atoms with Crippen LogP contribution < -0.4 is 5.73 Å². The summed E-state index contributed by atoms with van der Waals surface area (Å²) in [4.78, 5) is 6.98. The minimum atomic E-state index is 0.739. The second kappa shape index (κ2) is 3.22. The maximum Gasteiger partial charge on any atom is 0.0924 e. The predicted molar refractivity (Wildman–Crippen MR) is 56.1 cm³/mol. The summed E-state index contributed by atoms with van der Waals surface area (Å²) in [6.07, 6.45) is 3.43. The van der Waals surface area contributed by atoms with Crippen LogP contribution in [0.2, 0.25) is 0 Å². The molecule has 1 aromatic carbocycles. The van der Waals surface area contributed by atoms with E-state index in [0.717, 1.165) is 21.4 Å². The Morgan fingerprint density at radius 1 is 1.38 bits per heavy atom. The number of H-pyrrole nitrogens is 1. The van der Waals surface area contributed by atoms with Crippen LogP contribution in [-0.2, 0) is 0 Å². The van der Waals surface area contributed by atoms with Crippen LogP contribution in [-0.4, -0.2) is 9.97 Å². The van der Waals surface area contributed by atoms with Gasteiger partial charge in [-0.2, -0.15) is 0 Å². The first-order valence-corrected chi connectivity index (χ1v) is 4.60. The van der Waals surface area contributed by atoms with E-state index in [-0.39, 0.29) is 0 Å². The maximum absolute atomic E-state index is 5.67. The Bertz CT molecular complexity index is 409. The number of nitrogen functional groups attached to an aromatic ring is 1. The van der Waals surface area contributed by atoms with E-state index in [9.17, 15) is 0 Å². The van der Waals surface area contributed by atoms with E-state index >= 15 is 0 Å². The van der Waals surface area contributed by atoms with Crippen LogP contribution in [0.3, 0.4) is 0 Å². The third-order valence-corrected chi connectivity index (χ3v) is 2.50.